The number of nitrogens with zero attached hydrogens (tertiary/aromatic N) is 1. The predicted molar refractivity (Wildman–Crippen MR) is 124 cm³/mol. The maximum Gasteiger partial charge on any atom is 0.335 e. The molecule has 0 amide bonds. The Balaban J connectivity index is 1.91. The Bertz CT molecular complexity index is 1240. The molecular formula is C24H22ClNO6S. The highest BCUT2D eigenvalue weighted by molar-refractivity contribution is 7.89. The lowest BCUT2D eigenvalue weighted by molar-refractivity contribution is -0.131. The highest BCUT2D eigenvalue weighted by Crippen LogP contribution is 2.24. The number of carbonyl (C=O) groups is 2. The van der Waals surface area contributed by atoms with E-state index in [4.69, 9.17) is 21.4 Å². The van der Waals surface area contributed by atoms with Gasteiger partial charge >= 0.3 is 11.9 Å². The second-order valence-electron chi connectivity index (χ2n) is 7.25. The molecule has 3 rings (SSSR count). The van der Waals surface area contributed by atoms with Crippen molar-refractivity contribution in [2.75, 3.05) is 6.54 Å². The van der Waals surface area contributed by atoms with Gasteiger partial charge in [0, 0.05) is 25.0 Å². The number of halogens is 1. The summed E-state index contributed by atoms with van der Waals surface area (Å²) in [7, 11) is -3.90. The molecule has 0 aliphatic heterocycles. The standard InChI is InChI=1S/C24H22ClNO6S/c1-17(27)32-23-5-3-2-4-19(23)14-15-26(16-18-6-8-20(9-7-18)24(28)29)33(30,31)22-12-10-21(25)11-13-22/h2-13H,14-16H2,1H3,(H,28,29). The Hall–Kier alpha value is -3.20. The second-order valence-corrected chi connectivity index (χ2v) is 9.62. The number of benzene rings is 3. The van der Waals surface area contributed by atoms with Crippen molar-refractivity contribution in [3.05, 3.63) is 94.5 Å². The summed E-state index contributed by atoms with van der Waals surface area (Å²) in [5.74, 6) is -1.15. The predicted octanol–water partition coefficient (Wildman–Crippen LogP) is 4.40. The molecule has 0 aliphatic carbocycles. The number of ether oxygens (including phenoxy) is 1. The number of hydrogen-bond acceptors (Lipinski definition) is 5. The van der Waals surface area contributed by atoms with E-state index in [9.17, 15) is 18.0 Å². The molecule has 0 radical (unpaired) electrons. The number of para-hydroxylation sites is 1. The molecule has 7 nitrogen and oxygen atoms in total. The van der Waals surface area contributed by atoms with Gasteiger partial charge in [-0.25, -0.2) is 13.2 Å². The average molecular weight is 488 g/mol. The molecule has 172 valence electrons. The van der Waals surface area contributed by atoms with Gasteiger partial charge in [-0.2, -0.15) is 4.31 Å². The molecule has 0 saturated heterocycles. The number of esters is 1. The zero-order chi connectivity index (χ0) is 24.0. The van der Waals surface area contributed by atoms with Crippen LogP contribution in [0.1, 0.15) is 28.4 Å². The van der Waals surface area contributed by atoms with E-state index in [0.717, 1.165) is 0 Å². The molecule has 9 heteroatoms. The lowest BCUT2D eigenvalue weighted by atomic mass is 10.1. The third kappa shape index (κ3) is 6.41. The smallest absolute Gasteiger partial charge is 0.335 e. The third-order valence-electron chi connectivity index (χ3n) is 4.87. The molecule has 0 fully saturated rings. The number of carboxylic acid groups (broad SMARTS) is 1. The van der Waals surface area contributed by atoms with Crippen molar-refractivity contribution in [2.24, 2.45) is 0 Å². The number of carboxylic acids is 1. The fourth-order valence-electron chi connectivity index (χ4n) is 3.21. The van der Waals surface area contributed by atoms with Gasteiger partial charge in [0.25, 0.3) is 0 Å². The minimum atomic E-state index is -3.90. The third-order valence-corrected chi connectivity index (χ3v) is 6.98. The summed E-state index contributed by atoms with van der Waals surface area (Å²) in [4.78, 5) is 22.6. The van der Waals surface area contributed by atoms with Crippen LogP contribution in [0.15, 0.2) is 77.7 Å². The number of rotatable bonds is 9. The van der Waals surface area contributed by atoms with Gasteiger partial charge in [-0.3, -0.25) is 4.79 Å². The molecule has 0 atom stereocenters. The monoisotopic (exact) mass is 487 g/mol. The van der Waals surface area contributed by atoms with Gasteiger partial charge in [0.2, 0.25) is 10.0 Å². The molecule has 0 spiro atoms. The molecule has 0 aromatic heterocycles. The number of aromatic carboxylic acids is 1. The van der Waals surface area contributed by atoms with E-state index in [-0.39, 0.29) is 23.5 Å². The number of hydrogen-bond donors (Lipinski definition) is 1. The molecule has 0 bridgehead atoms. The van der Waals surface area contributed by atoms with Crippen molar-refractivity contribution in [3.63, 3.8) is 0 Å². The second kappa shape index (κ2) is 10.6. The first-order chi connectivity index (χ1) is 15.7. The van der Waals surface area contributed by atoms with E-state index in [0.29, 0.717) is 28.3 Å². The van der Waals surface area contributed by atoms with Gasteiger partial charge in [-0.15, -0.1) is 0 Å². The largest absolute Gasteiger partial charge is 0.478 e. The summed E-state index contributed by atoms with van der Waals surface area (Å²) in [6.45, 7) is 1.43. The summed E-state index contributed by atoms with van der Waals surface area (Å²) in [5, 5.41) is 9.52. The van der Waals surface area contributed by atoms with Crippen LogP contribution in [-0.4, -0.2) is 36.3 Å². The van der Waals surface area contributed by atoms with Crippen LogP contribution in [0.3, 0.4) is 0 Å². The summed E-state index contributed by atoms with van der Waals surface area (Å²) in [6, 6.07) is 18.8. The van der Waals surface area contributed by atoms with Crippen molar-refractivity contribution in [1.82, 2.24) is 4.31 Å². The van der Waals surface area contributed by atoms with Crippen molar-refractivity contribution in [2.45, 2.75) is 24.8 Å². The Morgan fingerprint density at radius 2 is 1.61 bits per heavy atom. The Morgan fingerprint density at radius 3 is 2.21 bits per heavy atom. The Labute approximate surface area is 197 Å². The van der Waals surface area contributed by atoms with Gasteiger partial charge in [0.1, 0.15) is 5.75 Å². The van der Waals surface area contributed by atoms with Gasteiger partial charge < -0.3 is 9.84 Å². The zero-order valence-corrected chi connectivity index (χ0v) is 19.3. The van der Waals surface area contributed by atoms with Crippen LogP contribution in [0.25, 0.3) is 0 Å². The fourth-order valence-corrected chi connectivity index (χ4v) is 4.76. The first kappa shape index (κ1) is 24.4. The molecule has 0 saturated carbocycles. The van der Waals surface area contributed by atoms with E-state index >= 15 is 0 Å². The average Bonchev–Trinajstić information content (AvgIpc) is 2.77. The van der Waals surface area contributed by atoms with Gasteiger partial charge in [0.15, 0.2) is 0 Å². The minimum Gasteiger partial charge on any atom is -0.478 e. The number of sulfonamides is 1. The highest BCUT2D eigenvalue weighted by atomic mass is 35.5. The summed E-state index contributed by atoms with van der Waals surface area (Å²) < 4.78 is 33.4. The number of carbonyl (C=O) groups excluding carboxylic acids is 1. The molecule has 33 heavy (non-hydrogen) atoms. The van der Waals surface area contributed by atoms with Crippen molar-refractivity contribution in [1.29, 1.82) is 0 Å². The van der Waals surface area contributed by atoms with Crippen LogP contribution >= 0.6 is 11.6 Å². The van der Waals surface area contributed by atoms with E-state index in [2.05, 4.69) is 0 Å². The first-order valence-corrected chi connectivity index (χ1v) is 11.8. The van der Waals surface area contributed by atoms with Crippen LogP contribution in [0.2, 0.25) is 5.02 Å². The molecule has 0 aliphatic rings. The molecular weight excluding hydrogens is 466 g/mol. The van der Waals surface area contributed by atoms with Crippen LogP contribution in [0.4, 0.5) is 0 Å². The van der Waals surface area contributed by atoms with Gasteiger partial charge in [0.05, 0.1) is 10.5 Å². The molecule has 3 aromatic rings. The van der Waals surface area contributed by atoms with E-state index in [1.165, 1.54) is 47.6 Å². The minimum absolute atomic E-state index is 0.0284. The van der Waals surface area contributed by atoms with Gasteiger partial charge in [-0.05, 0) is 60.0 Å². The maximum absolute atomic E-state index is 13.4. The Morgan fingerprint density at radius 1 is 0.970 bits per heavy atom. The van der Waals surface area contributed by atoms with Crippen LogP contribution in [0.5, 0.6) is 5.75 Å². The van der Waals surface area contributed by atoms with Crippen LogP contribution in [0, 0.1) is 0 Å². The topological polar surface area (TPSA) is 101 Å². The summed E-state index contributed by atoms with van der Waals surface area (Å²) >= 11 is 5.91. The highest BCUT2D eigenvalue weighted by Gasteiger charge is 2.25. The fraction of sp³-hybridized carbons (Fsp3) is 0.167. The first-order valence-electron chi connectivity index (χ1n) is 10.0. The molecule has 3 aromatic carbocycles. The van der Waals surface area contributed by atoms with Crippen molar-refractivity contribution in [3.8, 4) is 5.75 Å². The quantitative estimate of drug-likeness (QED) is 0.354. The lowest BCUT2D eigenvalue weighted by Crippen LogP contribution is -2.32. The van der Waals surface area contributed by atoms with Crippen LogP contribution in [-0.2, 0) is 27.8 Å². The summed E-state index contributed by atoms with van der Waals surface area (Å²) in [6.07, 6.45) is 0.295. The van der Waals surface area contributed by atoms with E-state index in [1.807, 2.05) is 0 Å². The summed E-state index contributed by atoms with van der Waals surface area (Å²) in [5.41, 5.74) is 1.43. The lowest BCUT2D eigenvalue weighted by Gasteiger charge is -2.23. The molecule has 1 N–H and O–H groups in total. The van der Waals surface area contributed by atoms with Crippen LogP contribution < -0.4 is 4.74 Å². The Kier molecular flexibility index (Phi) is 7.86. The van der Waals surface area contributed by atoms with Gasteiger partial charge in [-0.1, -0.05) is 41.9 Å². The van der Waals surface area contributed by atoms with Crippen molar-refractivity contribution >= 4 is 33.6 Å². The zero-order valence-electron chi connectivity index (χ0n) is 17.8. The molecule has 0 unspecified atom stereocenters. The normalized spacial score (nSPS) is 11.4. The van der Waals surface area contributed by atoms with E-state index in [1.54, 1.807) is 36.4 Å². The SMILES string of the molecule is CC(=O)Oc1ccccc1CCN(Cc1ccc(C(=O)O)cc1)S(=O)(=O)c1ccc(Cl)cc1. The van der Waals surface area contributed by atoms with E-state index < -0.39 is 22.0 Å². The maximum atomic E-state index is 13.4. The molecule has 0 heterocycles. The van der Waals surface area contributed by atoms with Crippen molar-refractivity contribution < 1.29 is 27.9 Å².